The van der Waals surface area contributed by atoms with Crippen LogP contribution in [-0.4, -0.2) is 54.3 Å². The predicted molar refractivity (Wildman–Crippen MR) is 75.4 cm³/mol. The van der Waals surface area contributed by atoms with Crippen molar-refractivity contribution >= 4 is 16.2 Å². The minimum absolute atomic E-state index is 0.0676. The molecule has 0 aromatic heterocycles. The van der Waals surface area contributed by atoms with Crippen LogP contribution in [0, 0.1) is 11.8 Å². The summed E-state index contributed by atoms with van der Waals surface area (Å²) in [5.41, 5.74) is 0. The number of aliphatic carboxylic acids is 1. The van der Waals surface area contributed by atoms with Crippen LogP contribution in [0.25, 0.3) is 0 Å². The van der Waals surface area contributed by atoms with Gasteiger partial charge in [-0.25, -0.2) is 0 Å². The van der Waals surface area contributed by atoms with Crippen molar-refractivity contribution in [1.82, 2.24) is 8.61 Å². The van der Waals surface area contributed by atoms with Crippen molar-refractivity contribution in [1.29, 1.82) is 0 Å². The fourth-order valence-corrected chi connectivity index (χ4v) is 4.70. The Balaban J connectivity index is 1.93. The maximum Gasteiger partial charge on any atom is 0.306 e. The zero-order valence-corrected chi connectivity index (χ0v) is 13.0. The normalized spacial score (nSPS) is 24.6. The van der Waals surface area contributed by atoms with E-state index in [1.807, 2.05) is 0 Å². The average Bonchev–Trinajstić information content (AvgIpc) is 2.36. The van der Waals surface area contributed by atoms with Crippen LogP contribution in [-0.2, 0) is 15.0 Å². The van der Waals surface area contributed by atoms with Gasteiger partial charge in [0.1, 0.15) is 0 Å². The van der Waals surface area contributed by atoms with E-state index in [0.29, 0.717) is 13.1 Å². The second-order valence-corrected chi connectivity index (χ2v) is 8.01. The standard InChI is InChI=1S/C13H24N2O4S/c1-10(13(16)17)11-8-15(9-11)20(18,19)14(2)12-6-4-3-5-7-12/h10-12H,3-9H2,1-2H3,(H,16,17). The van der Waals surface area contributed by atoms with Gasteiger partial charge in [0.05, 0.1) is 5.92 Å². The van der Waals surface area contributed by atoms with Crippen LogP contribution in [0.1, 0.15) is 39.0 Å². The second-order valence-electron chi connectivity index (χ2n) is 6.02. The summed E-state index contributed by atoms with van der Waals surface area (Å²) < 4.78 is 27.8. The molecule has 1 aliphatic carbocycles. The largest absolute Gasteiger partial charge is 0.481 e. The van der Waals surface area contributed by atoms with E-state index in [1.54, 1.807) is 14.0 Å². The Hall–Kier alpha value is -0.660. The third-order valence-corrected chi connectivity index (χ3v) is 6.73. The summed E-state index contributed by atoms with van der Waals surface area (Å²) in [4.78, 5) is 10.9. The van der Waals surface area contributed by atoms with Gasteiger partial charge in [-0.3, -0.25) is 4.79 Å². The molecule has 0 radical (unpaired) electrons. The highest BCUT2D eigenvalue weighted by Crippen LogP contribution is 2.30. The van der Waals surface area contributed by atoms with Crippen LogP contribution in [0.15, 0.2) is 0 Å². The van der Waals surface area contributed by atoms with Crippen molar-refractivity contribution in [2.45, 2.75) is 45.1 Å². The highest BCUT2D eigenvalue weighted by atomic mass is 32.2. The lowest BCUT2D eigenvalue weighted by Gasteiger charge is -2.43. The molecule has 2 fully saturated rings. The number of rotatable bonds is 5. The lowest BCUT2D eigenvalue weighted by Crippen LogP contribution is -2.58. The molecule has 1 aliphatic heterocycles. The Morgan fingerprint density at radius 1 is 1.25 bits per heavy atom. The van der Waals surface area contributed by atoms with Crippen LogP contribution < -0.4 is 0 Å². The van der Waals surface area contributed by atoms with Crippen molar-refractivity contribution in [2.24, 2.45) is 11.8 Å². The lowest BCUT2D eigenvalue weighted by molar-refractivity contribution is -0.144. The minimum atomic E-state index is -3.42. The summed E-state index contributed by atoms with van der Waals surface area (Å²) in [6.07, 6.45) is 5.22. The molecule has 0 spiro atoms. The average molecular weight is 304 g/mol. The topological polar surface area (TPSA) is 77.9 Å². The SMILES string of the molecule is CC(C(=O)O)C1CN(S(=O)(=O)N(C)C2CCCCC2)C1. The van der Waals surface area contributed by atoms with Crippen molar-refractivity contribution in [3.05, 3.63) is 0 Å². The quantitative estimate of drug-likeness (QED) is 0.826. The number of hydrogen-bond donors (Lipinski definition) is 1. The smallest absolute Gasteiger partial charge is 0.306 e. The molecule has 6 nitrogen and oxygen atoms in total. The summed E-state index contributed by atoms with van der Waals surface area (Å²) in [5.74, 6) is -1.41. The molecule has 0 bridgehead atoms. The second kappa shape index (κ2) is 5.99. The fourth-order valence-electron chi connectivity index (χ4n) is 2.99. The highest BCUT2D eigenvalue weighted by molar-refractivity contribution is 7.86. The Labute approximate surface area is 120 Å². The molecule has 0 aromatic carbocycles. The molecule has 2 rings (SSSR count). The zero-order chi connectivity index (χ0) is 14.9. The molecule has 2 aliphatic rings. The highest BCUT2D eigenvalue weighted by Gasteiger charge is 2.43. The van der Waals surface area contributed by atoms with Gasteiger partial charge in [0.25, 0.3) is 10.2 Å². The van der Waals surface area contributed by atoms with E-state index < -0.39 is 22.1 Å². The van der Waals surface area contributed by atoms with E-state index in [2.05, 4.69) is 0 Å². The van der Waals surface area contributed by atoms with Crippen molar-refractivity contribution in [3.8, 4) is 0 Å². The van der Waals surface area contributed by atoms with Crippen LogP contribution in [0.4, 0.5) is 0 Å². The van der Waals surface area contributed by atoms with E-state index in [4.69, 9.17) is 5.11 Å². The van der Waals surface area contributed by atoms with Crippen LogP contribution in [0.3, 0.4) is 0 Å². The van der Waals surface area contributed by atoms with E-state index in [-0.39, 0.29) is 12.0 Å². The van der Waals surface area contributed by atoms with Gasteiger partial charge in [-0.15, -0.1) is 0 Å². The molecule has 1 N–H and O–H groups in total. The summed E-state index contributed by atoms with van der Waals surface area (Å²) in [5, 5.41) is 8.94. The Bertz CT molecular complexity index is 453. The first-order chi connectivity index (χ1) is 9.34. The summed E-state index contributed by atoms with van der Waals surface area (Å²) in [7, 11) is -1.77. The van der Waals surface area contributed by atoms with Crippen molar-refractivity contribution in [2.75, 3.05) is 20.1 Å². The van der Waals surface area contributed by atoms with Gasteiger partial charge in [0.15, 0.2) is 0 Å². The first-order valence-electron chi connectivity index (χ1n) is 7.30. The Morgan fingerprint density at radius 2 is 1.80 bits per heavy atom. The maximum absolute atomic E-state index is 12.5. The van der Waals surface area contributed by atoms with Crippen molar-refractivity contribution in [3.63, 3.8) is 0 Å². The molecule has 1 saturated carbocycles. The summed E-state index contributed by atoms with van der Waals surface area (Å²) in [6, 6.07) is 0.102. The van der Waals surface area contributed by atoms with E-state index in [9.17, 15) is 13.2 Å². The van der Waals surface area contributed by atoms with E-state index in [1.165, 1.54) is 15.0 Å². The van der Waals surface area contributed by atoms with Gasteiger partial charge in [0, 0.05) is 26.2 Å². The number of hydrogen-bond acceptors (Lipinski definition) is 3. The number of carboxylic acids is 1. The molecular weight excluding hydrogens is 280 g/mol. The lowest BCUT2D eigenvalue weighted by atomic mass is 9.89. The molecule has 7 heteroatoms. The van der Waals surface area contributed by atoms with E-state index >= 15 is 0 Å². The third-order valence-electron chi connectivity index (χ3n) is 4.75. The van der Waals surface area contributed by atoms with Crippen molar-refractivity contribution < 1.29 is 18.3 Å². The number of carboxylic acid groups (broad SMARTS) is 1. The fraction of sp³-hybridized carbons (Fsp3) is 0.923. The van der Waals surface area contributed by atoms with Gasteiger partial charge < -0.3 is 5.11 Å². The molecule has 1 atom stereocenters. The summed E-state index contributed by atoms with van der Waals surface area (Å²) >= 11 is 0. The third kappa shape index (κ3) is 2.99. The molecule has 20 heavy (non-hydrogen) atoms. The Kier molecular flexibility index (Phi) is 4.71. The molecule has 116 valence electrons. The first-order valence-corrected chi connectivity index (χ1v) is 8.69. The molecule has 1 saturated heterocycles. The monoisotopic (exact) mass is 304 g/mol. The number of nitrogens with zero attached hydrogens (tertiary/aromatic N) is 2. The number of carbonyl (C=O) groups is 1. The molecule has 0 amide bonds. The molecule has 1 unspecified atom stereocenters. The van der Waals surface area contributed by atoms with Gasteiger partial charge in [0.2, 0.25) is 0 Å². The summed E-state index contributed by atoms with van der Waals surface area (Å²) in [6.45, 7) is 2.29. The minimum Gasteiger partial charge on any atom is -0.481 e. The maximum atomic E-state index is 12.5. The van der Waals surface area contributed by atoms with Gasteiger partial charge in [-0.2, -0.15) is 17.0 Å². The van der Waals surface area contributed by atoms with Gasteiger partial charge in [-0.05, 0) is 18.8 Å². The molecule has 1 heterocycles. The predicted octanol–water partition coefficient (Wildman–Crippen LogP) is 1.15. The molecule has 0 aromatic rings. The van der Waals surface area contributed by atoms with E-state index in [0.717, 1.165) is 25.7 Å². The Morgan fingerprint density at radius 3 is 2.30 bits per heavy atom. The molecular formula is C13H24N2O4S. The van der Waals surface area contributed by atoms with Crippen LogP contribution >= 0.6 is 0 Å². The first kappa shape index (κ1) is 15.7. The van der Waals surface area contributed by atoms with Gasteiger partial charge >= 0.3 is 5.97 Å². The zero-order valence-electron chi connectivity index (χ0n) is 12.2. The van der Waals surface area contributed by atoms with Gasteiger partial charge in [-0.1, -0.05) is 26.2 Å². The van der Waals surface area contributed by atoms with Crippen LogP contribution in [0.5, 0.6) is 0 Å². The van der Waals surface area contributed by atoms with Crippen LogP contribution in [0.2, 0.25) is 0 Å².